The van der Waals surface area contributed by atoms with Gasteiger partial charge in [0, 0.05) is 13.5 Å². The summed E-state index contributed by atoms with van der Waals surface area (Å²) in [5.41, 5.74) is -1.10. The Kier molecular flexibility index (Phi) is 2.89. The van der Waals surface area contributed by atoms with E-state index in [1.54, 1.807) is 30.3 Å². The Labute approximate surface area is 107 Å². The lowest BCUT2D eigenvalue weighted by atomic mass is 10.2. The van der Waals surface area contributed by atoms with Crippen molar-refractivity contribution in [2.24, 2.45) is 0 Å². The molecular formula is C12H12BrF2NO. The number of para-hydroxylation sites is 2. The van der Waals surface area contributed by atoms with Gasteiger partial charge in [0.25, 0.3) is 5.72 Å². The lowest BCUT2D eigenvalue weighted by Crippen LogP contribution is -2.57. The molecule has 0 aromatic heterocycles. The van der Waals surface area contributed by atoms with E-state index in [0.717, 1.165) is 0 Å². The fraction of sp³-hybridized carbons (Fsp3) is 0.333. The van der Waals surface area contributed by atoms with Crippen LogP contribution in [0.5, 0.6) is 5.75 Å². The van der Waals surface area contributed by atoms with Crippen LogP contribution in [0.25, 0.3) is 0 Å². The molecule has 1 aromatic carbocycles. The van der Waals surface area contributed by atoms with E-state index in [1.807, 2.05) is 0 Å². The summed E-state index contributed by atoms with van der Waals surface area (Å²) in [6.45, 7) is 5.23. The van der Waals surface area contributed by atoms with E-state index in [0.29, 0.717) is 11.4 Å². The first-order valence-corrected chi connectivity index (χ1v) is 5.93. The van der Waals surface area contributed by atoms with Crippen molar-refractivity contribution in [3.05, 3.63) is 36.9 Å². The van der Waals surface area contributed by atoms with Gasteiger partial charge in [-0.1, -0.05) is 18.2 Å². The van der Waals surface area contributed by atoms with Crippen molar-refractivity contribution in [1.29, 1.82) is 0 Å². The lowest BCUT2D eigenvalue weighted by molar-refractivity contribution is -0.0737. The van der Waals surface area contributed by atoms with E-state index in [1.165, 1.54) is 11.8 Å². The summed E-state index contributed by atoms with van der Waals surface area (Å²) in [5.74, 6) is 0.455. The number of hydrogen-bond donors (Lipinski definition) is 0. The molecule has 0 saturated carbocycles. The van der Waals surface area contributed by atoms with Gasteiger partial charge >= 0.3 is 4.83 Å². The highest BCUT2D eigenvalue weighted by molar-refractivity contribution is 9.10. The number of fused-ring (bicyclic) bond motifs is 1. The molecule has 1 atom stereocenters. The molecule has 0 bridgehead atoms. The van der Waals surface area contributed by atoms with E-state index in [2.05, 4.69) is 22.5 Å². The fourth-order valence-corrected chi connectivity index (χ4v) is 2.17. The van der Waals surface area contributed by atoms with Crippen molar-refractivity contribution < 1.29 is 13.5 Å². The van der Waals surface area contributed by atoms with Crippen molar-refractivity contribution in [1.82, 2.24) is 0 Å². The van der Waals surface area contributed by atoms with E-state index < -0.39 is 10.6 Å². The SMILES string of the molecule is C=CCN1c2ccccc2OC1(C)C(F)(F)Br. The summed E-state index contributed by atoms with van der Waals surface area (Å²) in [6.07, 6.45) is 1.57. The molecule has 5 heteroatoms. The second-order valence-electron chi connectivity index (χ2n) is 3.95. The van der Waals surface area contributed by atoms with Crippen molar-refractivity contribution in [3.63, 3.8) is 0 Å². The summed E-state index contributed by atoms with van der Waals surface area (Å²) in [6, 6.07) is 6.97. The third kappa shape index (κ3) is 1.82. The van der Waals surface area contributed by atoms with Crippen LogP contribution < -0.4 is 9.64 Å². The van der Waals surface area contributed by atoms with Crippen molar-refractivity contribution in [3.8, 4) is 5.75 Å². The standard InChI is InChI=1S/C12H12BrF2NO/c1-3-8-16-9-6-4-5-7-10(9)17-11(16,2)12(13,14)15/h3-7H,1,8H2,2H3. The number of alkyl halides is 3. The van der Waals surface area contributed by atoms with E-state index in [4.69, 9.17) is 4.74 Å². The Morgan fingerprint density at radius 1 is 1.53 bits per heavy atom. The molecular weight excluding hydrogens is 292 g/mol. The Hall–Kier alpha value is -1.10. The summed E-state index contributed by atoms with van der Waals surface area (Å²) in [5, 5.41) is 0. The molecule has 0 N–H and O–H groups in total. The zero-order chi connectivity index (χ0) is 12.7. The van der Waals surface area contributed by atoms with Crippen LogP contribution in [0.2, 0.25) is 0 Å². The Morgan fingerprint density at radius 3 is 2.76 bits per heavy atom. The average molecular weight is 304 g/mol. The number of rotatable bonds is 3. The minimum Gasteiger partial charge on any atom is -0.459 e. The van der Waals surface area contributed by atoms with Gasteiger partial charge in [0.05, 0.1) is 5.69 Å². The molecule has 2 rings (SSSR count). The van der Waals surface area contributed by atoms with Crippen molar-refractivity contribution in [2.45, 2.75) is 17.5 Å². The number of nitrogens with zero attached hydrogens (tertiary/aromatic N) is 1. The molecule has 0 spiro atoms. The predicted molar refractivity (Wildman–Crippen MR) is 66.9 cm³/mol. The number of benzene rings is 1. The number of ether oxygens (including phenoxy) is 1. The van der Waals surface area contributed by atoms with E-state index >= 15 is 0 Å². The van der Waals surface area contributed by atoms with Gasteiger partial charge in [0.15, 0.2) is 0 Å². The highest BCUT2D eigenvalue weighted by Crippen LogP contribution is 2.50. The maximum atomic E-state index is 13.7. The molecule has 1 aliphatic heterocycles. The van der Waals surface area contributed by atoms with Crippen LogP contribution in [0, 0.1) is 0 Å². The molecule has 0 fully saturated rings. The van der Waals surface area contributed by atoms with Crippen LogP contribution in [0.1, 0.15) is 6.92 Å². The first-order chi connectivity index (χ1) is 7.90. The molecule has 1 unspecified atom stereocenters. The molecule has 1 aliphatic rings. The average Bonchev–Trinajstić information content (AvgIpc) is 2.53. The van der Waals surface area contributed by atoms with Crippen LogP contribution in [0.4, 0.5) is 14.5 Å². The monoisotopic (exact) mass is 303 g/mol. The van der Waals surface area contributed by atoms with Gasteiger partial charge in [-0.15, -0.1) is 6.58 Å². The van der Waals surface area contributed by atoms with E-state index in [-0.39, 0.29) is 6.54 Å². The van der Waals surface area contributed by atoms with Gasteiger partial charge < -0.3 is 9.64 Å². The highest BCUT2D eigenvalue weighted by Gasteiger charge is 2.58. The third-order valence-corrected chi connectivity index (χ3v) is 3.55. The number of hydrogen-bond acceptors (Lipinski definition) is 2. The van der Waals surface area contributed by atoms with Crippen LogP contribution >= 0.6 is 15.9 Å². The van der Waals surface area contributed by atoms with Gasteiger partial charge in [-0.25, -0.2) is 0 Å². The Morgan fingerprint density at radius 2 is 2.18 bits per heavy atom. The second kappa shape index (κ2) is 3.98. The summed E-state index contributed by atoms with van der Waals surface area (Å²) >= 11 is 2.40. The molecule has 2 nitrogen and oxygen atoms in total. The topological polar surface area (TPSA) is 12.5 Å². The molecule has 1 heterocycles. The maximum Gasteiger partial charge on any atom is 0.358 e. The quantitative estimate of drug-likeness (QED) is 0.622. The zero-order valence-corrected chi connectivity index (χ0v) is 10.9. The highest BCUT2D eigenvalue weighted by atomic mass is 79.9. The minimum atomic E-state index is -3.16. The van der Waals surface area contributed by atoms with Crippen molar-refractivity contribution >= 4 is 21.6 Å². The van der Waals surface area contributed by atoms with Crippen LogP contribution in [-0.4, -0.2) is 17.1 Å². The van der Waals surface area contributed by atoms with Gasteiger partial charge in [-0.3, -0.25) is 0 Å². The Balaban J connectivity index is 2.49. The van der Waals surface area contributed by atoms with Crippen LogP contribution in [-0.2, 0) is 0 Å². The molecule has 0 amide bonds. The van der Waals surface area contributed by atoms with Crippen LogP contribution in [0.15, 0.2) is 36.9 Å². The number of halogens is 3. The van der Waals surface area contributed by atoms with Crippen molar-refractivity contribution in [2.75, 3.05) is 11.4 Å². The zero-order valence-electron chi connectivity index (χ0n) is 9.29. The minimum absolute atomic E-state index is 0.286. The number of anilines is 1. The fourth-order valence-electron chi connectivity index (χ4n) is 1.88. The smallest absolute Gasteiger partial charge is 0.358 e. The molecule has 92 valence electrons. The summed E-state index contributed by atoms with van der Waals surface area (Å²) in [7, 11) is 0. The van der Waals surface area contributed by atoms with E-state index in [9.17, 15) is 8.78 Å². The van der Waals surface area contributed by atoms with Gasteiger partial charge in [-0.05, 0) is 28.1 Å². The normalized spacial score (nSPS) is 23.2. The maximum absolute atomic E-state index is 13.7. The van der Waals surface area contributed by atoms with Crippen LogP contribution in [0.3, 0.4) is 0 Å². The summed E-state index contributed by atoms with van der Waals surface area (Å²) in [4.78, 5) is -1.67. The van der Waals surface area contributed by atoms with Gasteiger partial charge in [-0.2, -0.15) is 8.78 Å². The largest absolute Gasteiger partial charge is 0.459 e. The lowest BCUT2D eigenvalue weighted by Gasteiger charge is -2.37. The molecule has 0 radical (unpaired) electrons. The second-order valence-corrected chi connectivity index (χ2v) is 4.95. The first-order valence-electron chi connectivity index (χ1n) is 5.13. The predicted octanol–water partition coefficient (Wildman–Crippen LogP) is 3.78. The molecule has 17 heavy (non-hydrogen) atoms. The third-order valence-electron chi connectivity index (χ3n) is 2.82. The van der Waals surface area contributed by atoms with Gasteiger partial charge in [0.2, 0.25) is 0 Å². The molecule has 1 aromatic rings. The first kappa shape index (κ1) is 12.4. The molecule has 0 aliphatic carbocycles. The summed E-state index contributed by atoms with van der Waals surface area (Å²) < 4.78 is 32.7. The van der Waals surface area contributed by atoms with Gasteiger partial charge in [0.1, 0.15) is 5.75 Å². The molecule has 0 saturated heterocycles. The Bertz CT molecular complexity index is 446.